The predicted octanol–water partition coefficient (Wildman–Crippen LogP) is 10.3. The Morgan fingerprint density at radius 2 is 1.15 bits per heavy atom. The van der Waals surface area contributed by atoms with E-state index in [1.54, 1.807) is 65.8 Å². The molecule has 0 radical (unpaired) electrons. The number of ether oxygens (including phenoxy) is 5. The van der Waals surface area contributed by atoms with Crippen molar-refractivity contribution >= 4 is 19.9 Å². The lowest BCUT2D eigenvalue weighted by Crippen LogP contribution is -2.25. The number of phenols is 2. The van der Waals surface area contributed by atoms with Gasteiger partial charge in [0, 0.05) is 18.4 Å². The minimum absolute atomic E-state index is 0.121. The highest BCUT2D eigenvalue weighted by atomic mass is 31.2. The molecule has 0 unspecified atom stereocenters. The van der Waals surface area contributed by atoms with Gasteiger partial charge in [-0.1, -0.05) is 54.6 Å². The molecule has 2 N–H and O–H groups in total. The van der Waals surface area contributed by atoms with Gasteiger partial charge < -0.3 is 33.9 Å². The Balaban J connectivity index is 1.44. The van der Waals surface area contributed by atoms with Crippen molar-refractivity contribution in [2.24, 2.45) is 0 Å². The highest BCUT2D eigenvalue weighted by molar-refractivity contribution is 7.53. The van der Waals surface area contributed by atoms with E-state index in [0.29, 0.717) is 29.9 Å². The molecule has 0 aliphatic carbocycles. The quantitative estimate of drug-likeness (QED) is 0.0670. The maximum absolute atomic E-state index is 13.7. The molecule has 4 aromatic carbocycles. The second-order valence-corrected chi connectivity index (χ2v) is 17.2. The van der Waals surface area contributed by atoms with Crippen molar-refractivity contribution in [1.29, 1.82) is 0 Å². The van der Waals surface area contributed by atoms with Gasteiger partial charge in [-0.05, 0) is 119 Å². The maximum atomic E-state index is 13.7. The molecule has 55 heavy (non-hydrogen) atoms. The molecule has 0 spiro atoms. The van der Waals surface area contributed by atoms with E-state index in [1.165, 1.54) is 0 Å². The summed E-state index contributed by atoms with van der Waals surface area (Å²) in [4.78, 5) is 24.0. The molecule has 4 aromatic rings. The molecule has 296 valence electrons. The van der Waals surface area contributed by atoms with Crippen LogP contribution in [0, 0.1) is 13.8 Å². The van der Waals surface area contributed by atoms with Crippen LogP contribution in [0.15, 0.2) is 78.9 Å². The second kappa shape index (κ2) is 18.5. The SMILES string of the molecule is Cc1cc(CCP(=O)(OCOC(=O)OC(C)(C)C)OCOC(=O)OC(C)(C)C)cc(C)c1Oc1ccc(O)c(Cc2ccc(O)c(Cc3ccccc3)c2)c1. The average molecular weight is 779 g/mol. The van der Waals surface area contributed by atoms with Gasteiger partial charge in [-0.3, -0.25) is 13.6 Å². The van der Waals surface area contributed by atoms with Crippen molar-refractivity contribution in [2.75, 3.05) is 19.7 Å². The summed E-state index contributed by atoms with van der Waals surface area (Å²) in [5.74, 6) is 1.47. The molecule has 0 amide bonds. The van der Waals surface area contributed by atoms with Crippen LogP contribution in [0.25, 0.3) is 0 Å². The van der Waals surface area contributed by atoms with Gasteiger partial charge >= 0.3 is 19.9 Å². The van der Waals surface area contributed by atoms with Gasteiger partial charge in [0.15, 0.2) is 0 Å². The van der Waals surface area contributed by atoms with Crippen LogP contribution in [0.2, 0.25) is 0 Å². The van der Waals surface area contributed by atoms with Gasteiger partial charge in [-0.25, -0.2) is 9.59 Å². The molecule has 0 saturated carbocycles. The molecular weight excluding hydrogens is 727 g/mol. The van der Waals surface area contributed by atoms with Crippen LogP contribution in [0.5, 0.6) is 23.0 Å². The number of aromatic hydroxyl groups is 2. The summed E-state index contributed by atoms with van der Waals surface area (Å²) in [6.07, 6.45) is -0.960. The van der Waals surface area contributed by atoms with Crippen LogP contribution >= 0.6 is 7.60 Å². The van der Waals surface area contributed by atoms with Gasteiger partial charge in [0.1, 0.15) is 34.2 Å². The van der Waals surface area contributed by atoms with Crippen LogP contribution in [0.1, 0.15) is 80.5 Å². The fourth-order valence-corrected chi connectivity index (χ4v) is 6.75. The standard InChI is InChI=1S/C42H51O12P/c1-28-20-32(18-19-55(47,50-26-48-39(45)53-41(3,4)5)51-27-49-40(46)54-42(6,7)8)21-29(2)38(28)52-35-15-17-37(44)34(25-35)24-31-14-16-36(43)33(23-31)22-30-12-10-9-11-13-30/h9-17,20-21,23,25,43-44H,18-19,22,24,26-27H2,1-8H3. The predicted molar refractivity (Wildman–Crippen MR) is 207 cm³/mol. The molecule has 0 bridgehead atoms. The van der Waals surface area contributed by atoms with Crippen molar-refractivity contribution in [2.45, 2.75) is 85.9 Å². The molecule has 13 heteroatoms. The fourth-order valence-electron chi connectivity index (χ4n) is 5.46. The Morgan fingerprint density at radius 1 is 0.636 bits per heavy atom. The molecule has 0 aliphatic rings. The number of aryl methyl sites for hydroxylation is 3. The van der Waals surface area contributed by atoms with E-state index < -0.39 is 44.7 Å². The molecular formula is C42H51O12P. The fraction of sp³-hybridized carbons (Fsp3) is 0.381. The van der Waals surface area contributed by atoms with Crippen LogP contribution in [-0.2, 0) is 51.8 Å². The Hall–Kier alpha value is -5.03. The third-order valence-electron chi connectivity index (χ3n) is 7.87. The van der Waals surface area contributed by atoms with Crippen LogP contribution in [0.3, 0.4) is 0 Å². The van der Waals surface area contributed by atoms with E-state index in [4.69, 9.17) is 32.7 Å². The molecule has 0 aromatic heterocycles. The van der Waals surface area contributed by atoms with Crippen molar-refractivity contribution in [3.63, 3.8) is 0 Å². The van der Waals surface area contributed by atoms with Gasteiger partial charge in [-0.2, -0.15) is 0 Å². The zero-order valence-electron chi connectivity index (χ0n) is 32.7. The van der Waals surface area contributed by atoms with Gasteiger partial charge in [0.25, 0.3) is 0 Å². The Labute approximate surface area is 322 Å². The first kappa shape index (κ1) is 42.7. The minimum atomic E-state index is -3.99. The summed E-state index contributed by atoms with van der Waals surface area (Å²) in [7, 11) is -3.99. The van der Waals surface area contributed by atoms with Crippen molar-refractivity contribution in [3.05, 3.63) is 118 Å². The Morgan fingerprint density at radius 3 is 1.69 bits per heavy atom. The first-order valence-electron chi connectivity index (χ1n) is 17.8. The number of carbonyl (C=O) groups is 2. The summed E-state index contributed by atoms with van der Waals surface area (Å²) in [5.41, 5.74) is 4.22. The van der Waals surface area contributed by atoms with Crippen LogP contribution in [-0.4, -0.2) is 53.5 Å². The topological polar surface area (TPSA) is 156 Å². The first-order valence-corrected chi connectivity index (χ1v) is 19.5. The summed E-state index contributed by atoms with van der Waals surface area (Å²) < 4.78 is 51.0. The normalized spacial score (nSPS) is 11.9. The highest BCUT2D eigenvalue weighted by Gasteiger charge is 2.28. The lowest BCUT2D eigenvalue weighted by molar-refractivity contribution is -0.0511. The lowest BCUT2D eigenvalue weighted by atomic mass is 9.98. The number of carbonyl (C=O) groups excluding carboxylic acids is 2. The van der Waals surface area contributed by atoms with E-state index in [1.807, 2.05) is 68.4 Å². The number of hydrogen-bond donors (Lipinski definition) is 2. The average Bonchev–Trinajstić information content (AvgIpc) is 3.07. The number of phenolic OH excluding ortho intramolecular Hbond substituents is 2. The van der Waals surface area contributed by atoms with Crippen molar-refractivity contribution < 1.29 is 57.1 Å². The van der Waals surface area contributed by atoms with Crippen LogP contribution < -0.4 is 4.74 Å². The van der Waals surface area contributed by atoms with Crippen molar-refractivity contribution in [3.8, 4) is 23.0 Å². The third kappa shape index (κ3) is 14.3. The van der Waals surface area contributed by atoms with E-state index in [2.05, 4.69) is 0 Å². The number of hydrogen-bond acceptors (Lipinski definition) is 12. The minimum Gasteiger partial charge on any atom is -0.508 e. The van der Waals surface area contributed by atoms with E-state index >= 15 is 0 Å². The first-order chi connectivity index (χ1) is 25.8. The van der Waals surface area contributed by atoms with Gasteiger partial charge in [0.2, 0.25) is 13.6 Å². The van der Waals surface area contributed by atoms with E-state index in [-0.39, 0.29) is 24.1 Å². The van der Waals surface area contributed by atoms with E-state index in [9.17, 15) is 24.4 Å². The summed E-state index contributed by atoms with van der Waals surface area (Å²) in [6.45, 7) is 12.3. The maximum Gasteiger partial charge on any atom is 0.510 e. The summed E-state index contributed by atoms with van der Waals surface area (Å²) in [5, 5.41) is 21.2. The smallest absolute Gasteiger partial charge is 0.508 e. The second-order valence-electron chi connectivity index (χ2n) is 15.0. The molecule has 0 atom stereocenters. The largest absolute Gasteiger partial charge is 0.510 e. The molecule has 12 nitrogen and oxygen atoms in total. The van der Waals surface area contributed by atoms with Gasteiger partial charge in [-0.15, -0.1) is 0 Å². The number of benzene rings is 4. The molecule has 4 rings (SSSR count). The van der Waals surface area contributed by atoms with E-state index in [0.717, 1.165) is 33.4 Å². The zero-order valence-corrected chi connectivity index (χ0v) is 33.6. The zero-order chi connectivity index (χ0) is 40.4. The monoisotopic (exact) mass is 778 g/mol. The number of rotatable bonds is 15. The Kier molecular flexibility index (Phi) is 14.4. The highest BCUT2D eigenvalue weighted by Crippen LogP contribution is 2.49. The third-order valence-corrected chi connectivity index (χ3v) is 9.64. The summed E-state index contributed by atoms with van der Waals surface area (Å²) >= 11 is 0. The van der Waals surface area contributed by atoms with Crippen molar-refractivity contribution in [1.82, 2.24) is 0 Å². The molecule has 0 fully saturated rings. The Bertz CT molecular complexity index is 1920. The lowest BCUT2D eigenvalue weighted by Gasteiger charge is -2.22. The molecule has 0 heterocycles. The van der Waals surface area contributed by atoms with Gasteiger partial charge in [0.05, 0.1) is 6.16 Å². The molecule has 0 saturated heterocycles. The van der Waals surface area contributed by atoms with Crippen LogP contribution in [0.4, 0.5) is 9.59 Å². The summed E-state index contributed by atoms with van der Waals surface area (Å²) in [6, 6.07) is 24.2. The molecule has 0 aliphatic heterocycles.